The van der Waals surface area contributed by atoms with Gasteiger partial charge in [-0.2, -0.15) is 0 Å². The topological polar surface area (TPSA) is 53.2 Å². The summed E-state index contributed by atoms with van der Waals surface area (Å²) in [5, 5.41) is 1.23. The molecule has 0 N–H and O–H groups in total. The fourth-order valence-corrected chi connectivity index (χ4v) is 4.16. The fraction of sp³-hybridized carbons (Fsp3) is 0.111. The Morgan fingerprint density at radius 1 is 0.794 bits per heavy atom. The molecule has 1 heterocycles. The van der Waals surface area contributed by atoms with Crippen LogP contribution in [0.4, 0.5) is 0 Å². The maximum absolute atomic E-state index is 13.7. The Kier molecular flexibility index (Phi) is 7.06. The highest BCUT2D eigenvalue weighted by atomic mass is 35.5. The molecule has 0 aliphatic carbocycles. The van der Waals surface area contributed by atoms with Crippen LogP contribution < -0.4 is 26.6 Å². The molecule has 4 aromatic rings. The summed E-state index contributed by atoms with van der Waals surface area (Å²) in [7, 11) is 3.17. The van der Waals surface area contributed by atoms with Crippen LogP contribution in [-0.4, -0.2) is 16.2 Å². The molecule has 1 aromatic heterocycles. The van der Waals surface area contributed by atoms with Gasteiger partial charge in [0.05, 0.1) is 13.7 Å². The normalized spacial score (nSPS) is 12.2. The van der Waals surface area contributed by atoms with Crippen molar-refractivity contribution >= 4 is 35.4 Å². The van der Waals surface area contributed by atoms with Crippen molar-refractivity contribution < 1.29 is 4.74 Å². The first-order valence-electron chi connectivity index (χ1n) is 10.5. The molecule has 172 valence electrons. The Morgan fingerprint density at radius 3 is 2.06 bits per heavy atom. The van der Waals surface area contributed by atoms with Crippen LogP contribution in [0.25, 0.3) is 12.2 Å². The molecular weight excluding hydrogens is 471 g/mol. The number of methoxy groups -OCH3 is 1. The summed E-state index contributed by atoms with van der Waals surface area (Å²) in [6.07, 6.45) is 3.27. The van der Waals surface area contributed by atoms with E-state index in [-0.39, 0.29) is 28.4 Å². The number of nitrogens with zero attached hydrogens (tertiary/aromatic N) is 2. The smallest absolute Gasteiger partial charge is 0.275 e. The van der Waals surface area contributed by atoms with Crippen molar-refractivity contribution in [2.45, 2.75) is 6.54 Å². The Morgan fingerprint density at radius 2 is 1.44 bits per heavy atom. The van der Waals surface area contributed by atoms with Gasteiger partial charge >= 0.3 is 0 Å². The first-order valence-corrected chi connectivity index (χ1v) is 11.3. The van der Waals surface area contributed by atoms with Crippen molar-refractivity contribution in [3.05, 3.63) is 131 Å². The molecule has 0 saturated carbocycles. The minimum atomic E-state index is -0.341. The molecule has 4 rings (SSSR count). The lowest BCUT2D eigenvalue weighted by Crippen LogP contribution is -2.57. The van der Waals surface area contributed by atoms with Crippen LogP contribution in [0.1, 0.15) is 16.7 Å². The van der Waals surface area contributed by atoms with Crippen LogP contribution >= 0.6 is 23.2 Å². The summed E-state index contributed by atoms with van der Waals surface area (Å²) in [4.78, 5) is 27.2. The lowest BCUT2D eigenvalue weighted by atomic mass is 10.2. The Balaban J connectivity index is 2.04. The molecular formula is C27H22Cl2N2O3. The second-order valence-corrected chi connectivity index (χ2v) is 8.52. The zero-order chi connectivity index (χ0) is 24.2. The van der Waals surface area contributed by atoms with E-state index in [1.807, 2.05) is 42.5 Å². The van der Waals surface area contributed by atoms with Gasteiger partial charge in [-0.25, -0.2) is 0 Å². The van der Waals surface area contributed by atoms with Crippen molar-refractivity contribution in [3.63, 3.8) is 0 Å². The molecule has 0 spiro atoms. The number of hydrogen-bond acceptors (Lipinski definition) is 3. The molecule has 0 aliphatic heterocycles. The van der Waals surface area contributed by atoms with Gasteiger partial charge in [0, 0.05) is 22.7 Å². The minimum Gasteiger partial charge on any atom is -0.497 e. The average molecular weight is 493 g/mol. The maximum Gasteiger partial charge on any atom is 0.275 e. The molecule has 0 amide bonds. The summed E-state index contributed by atoms with van der Waals surface area (Å²) in [6, 6.07) is 21.8. The third-order valence-electron chi connectivity index (χ3n) is 5.52. The number of benzene rings is 3. The zero-order valence-electron chi connectivity index (χ0n) is 18.7. The summed E-state index contributed by atoms with van der Waals surface area (Å²) >= 11 is 12.7. The first kappa shape index (κ1) is 23.6. The van der Waals surface area contributed by atoms with E-state index < -0.39 is 0 Å². The van der Waals surface area contributed by atoms with E-state index >= 15 is 0 Å². The van der Waals surface area contributed by atoms with Crippen LogP contribution in [0.3, 0.4) is 0 Å². The van der Waals surface area contributed by atoms with E-state index in [1.54, 1.807) is 56.6 Å². The third-order valence-corrected chi connectivity index (χ3v) is 6.18. The number of rotatable bonds is 5. The molecule has 0 atom stereocenters. The number of halogens is 2. The van der Waals surface area contributed by atoms with E-state index in [4.69, 9.17) is 27.9 Å². The minimum absolute atomic E-state index is 0.193. The Hall–Kier alpha value is -3.54. The van der Waals surface area contributed by atoms with Crippen LogP contribution in [0.5, 0.6) is 5.75 Å². The summed E-state index contributed by atoms with van der Waals surface area (Å²) in [6.45, 7) is 0.215. The summed E-state index contributed by atoms with van der Waals surface area (Å²) in [5.74, 6) is 0.703. The van der Waals surface area contributed by atoms with Crippen molar-refractivity contribution in [1.29, 1.82) is 0 Å². The molecule has 3 aromatic carbocycles. The largest absolute Gasteiger partial charge is 0.497 e. The molecule has 0 radical (unpaired) electrons. The van der Waals surface area contributed by atoms with E-state index in [2.05, 4.69) is 0 Å². The van der Waals surface area contributed by atoms with E-state index in [9.17, 15) is 9.59 Å². The highest BCUT2D eigenvalue weighted by Gasteiger charge is 2.11. The molecule has 0 unspecified atom stereocenters. The molecule has 34 heavy (non-hydrogen) atoms. The van der Waals surface area contributed by atoms with Crippen LogP contribution in [0.2, 0.25) is 10.0 Å². The summed E-state index contributed by atoms with van der Waals surface area (Å²) in [5.41, 5.74) is 1.48. The molecule has 0 aliphatic rings. The molecule has 0 bridgehead atoms. The Bertz CT molecular complexity index is 1550. The monoisotopic (exact) mass is 492 g/mol. The second-order valence-electron chi connectivity index (χ2n) is 7.71. The Labute approximate surface area is 206 Å². The van der Waals surface area contributed by atoms with Crippen molar-refractivity contribution in [2.75, 3.05) is 7.11 Å². The van der Waals surface area contributed by atoms with Gasteiger partial charge in [0.15, 0.2) is 0 Å². The predicted octanol–water partition coefficient (Wildman–Crippen LogP) is 3.57. The average Bonchev–Trinajstić information content (AvgIpc) is 2.85. The van der Waals surface area contributed by atoms with E-state index in [1.165, 1.54) is 9.13 Å². The van der Waals surface area contributed by atoms with Crippen molar-refractivity contribution in [3.8, 4) is 5.75 Å². The number of hydrogen-bond donors (Lipinski definition) is 0. The molecule has 5 nitrogen and oxygen atoms in total. The predicted molar refractivity (Wildman–Crippen MR) is 137 cm³/mol. The number of ether oxygens (including phenoxy) is 1. The highest BCUT2D eigenvalue weighted by Crippen LogP contribution is 2.24. The third kappa shape index (κ3) is 4.86. The zero-order valence-corrected chi connectivity index (χ0v) is 20.2. The van der Waals surface area contributed by atoms with Crippen LogP contribution in [-0.2, 0) is 13.6 Å². The second kappa shape index (κ2) is 10.2. The lowest BCUT2D eigenvalue weighted by Gasteiger charge is -2.11. The van der Waals surface area contributed by atoms with Gasteiger partial charge < -0.3 is 9.30 Å². The quantitative estimate of drug-likeness (QED) is 0.427. The first-order chi connectivity index (χ1) is 16.4. The van der Waals surface area contributed by atoms with Crippen LogP contribution in [0.15, 0.2) is 82.4 Å². The standard InChI is InChI=1S/C27H22Cl2N2O3/c1-30-24(15-18-11-13-20(34-2)14-12-18)27(33)31(17-19-7-4-3-5-8-19)25(26(30)32)16-21-22(28)9-6-10-23(21)29/h3-16H,17H2,1-2H3/b24-15-,25-16-. The SMILES string of the molecule is COc1ccc(/C=c2/c(=O)n(Cc3ccccc3)/c(=C\c3c(Cl)cccc3Cl)c(=O)n2C)cc1. The summed E-state index contributed by atoms with van der Waals surface area (Å²) < 4.78 is 8.02. The van der Waals surface area contributed by atoms with Gasteiger partial charge in [-0.15, -0.1) is 0 Å². The molecule has 0 saturated heterocycles. The highest BCUT2D eigenvalue weighted by molar-refractivity contribution is 6.37. The number of aromatic nitrogens is 2. The van der Waals surface area contributed by atoms with E-state index in [0.29, 0.717) is 21.4 Å². The fourth-order valence-electron chi connectivity index (χ4n) is 3.65. The van der Waals surface area contributed by atoms with Gasteiger partial charge in [-0.05, 0) is 47.5 Å². The van der Waals surface area contributed by atoms with Gasteiger partial charge in [0.2, 0.25) is 0 Å². The van der Waals surface area contributed by atoms with Gasteiger partial charge in [0.1, 0.15) is 16.4 Å². The lowest BCUT2D eigenvalue weighted by molar-refractivity contribution is 0.415. The van der Waals surface area contributed by atoms with Crippen molar-refractivity contribution in [1.82, 2.24) is 9.13 Å². The van der Waals surface area contributed by atoms with Gasteiger partial charge in [-0.1, -0.05) is 71.7 Å². The van der Waals surface area contributed by atoms with Crippen molar-refractivity contribution in [2.24, 2.45) is 7.05 Å². The van der Waals surface area contributed by atoms with Gasteiger partial charge in [0.25, 0.3) is 11.1 Å². The van der Waals surface area contributed by atoms with E-state index in [0.717, 1.165) is 11.1 Å². The maximum atomic E-state index is 13.7. The van der Waals surface area contributed by atoms with Gasteiger partial charge in [-0.3, -0.25) is 14.2 Å². The molecule has 7 heteroatoms. The van der Waals surface area contributed by atoms with Crippen LogP contribution in [0, 0.1) is 0 Å². The molecule has 0 fully saturated rings.